The lowest BCUT2D eigenvalue weighted by Crippen LogP contribution is -2.25. The van der Waals surface area contributed by atoms with E-state index in [2.05, 4.69) is 174 Å². The number of anilines is 4. The van der Waals surface area contributed by atoms with Gasteiger partial charge in [0, 0.05) is 46.0 Å². The van der Waals surface area contributed by atoms with Crippen molar-refractivity contribution in [2.75, 3.05) is 16.5 Å². The molecule has 324 valence electrons. The highest BCUT2D eigenvalue weighted by molar-refractivity contribution is 6.10. The maximum absolute atomic E-state index is 8.85. The largest absolute Gasteiger partial charge is 0.457 e. The Bertz CT molecular complexity index is 3460. The average molecular weight is 856 g/mol. The number of pyridine rings is 1. The number of rotatable bonds is 7. The van der Waals surface area contributed by atoms with Gasteiger partial charge in [-0.1, -0.05) is 153 Å². The van der Waals surface area contributed by atoms with E-state index in [1.165, 1.54) is 16.8 Å². The van der Waals surface area contributed by atoms with Crippen LogP contribution in [-0.4, -0.2) is 16.2 Å². The lowest BCUT2D eigenvalue weighted by atomic mass is 9.80. The smallest absolute Gasteiger partial charge is 0.137 e. The molecule has 0 atom stereocenters. The molecule has 65 heavy (non-hydrogen) atoms. The molecular weight excluding hydrogens is 793 g/mol. The van der Waals surface area contributed by atoms with Gasteiger partial charge in [-0.25, -0.2) is 4.98 Å². The third-order valence-electron chi connectivity index (χ3n) is 12.6. The van der Waals surface area contributed by atoms with Gasteiger partial charge in [0.2, 0.25) is 0 Å². The molecule has 0 saturated carbocycles. The zero-order valence-corrected chi connectivity index (χ0v) is 38.8. The molecule has 0 bridgehead atoms. The Labute approximate surface area is 391 Å². The molecule has 7 aromatic carbocycles. The van der Waals surface area contributed by atoms with Crippen LogP contribution in [0.5, 0.6) is 11.5 Å². The van der Waals surface area contributed by atoms with Crippen LogP contribution in [0.1, 0.15) is 85.9 Å². The zero-order valence-electron chi connectivity index (χ0n) is 43.8. The molecule has 1 aliphatic rings. The molecule has 2 aromatic heterocycles. The summed E-state index contributed by atoms with van der Waals surface area (Å²) in [4.78, 5) is 9.81. The fourth-order valence-electron chi connectivity index (χ4n) is 9.03. The monoisotopic (exact) mass is 855 g/mol. The van der Waals surface area contributed by atoms with E-state index in [1.807, 2.05) is 42.5 Å². The summed E-state index contributed by atoms with van der Waals surface area (Å²) in [6.07, 6.45) is 1.66. The number of hydrogen-bond donors (Lipinski definition) is 0. The van der Waals surface area contributed by atoms with Gasteiger partial charge in [-0.05, 0) is 116 Å². The topological polar surface area (TPSA) is 33.5 Å². The lowest BCUT2D eigenvalue weighted by Gasteiger charge is -2.29. The molecule has 0 aliphatic carbocycles. The van der Waals surface area contributed by atoms with Gasteiger partial charge in [-0.2, -0.15) is 0 Å². The van der Waals surface area contributed by atoms with Gasteiger partial charge in [0.05, 0.1) is 29.3 Å². The normalized spacial score (nSPS) is 14.3. The van der Waals surface area contributed by atoms with Gasteiger partial charge >= 0.3 is 0 Å². The second-order valence-corrected chi connectivity index (χ2v) is 20.3. The van der Waals surface area contributed by atoms with E-state index in [-0.39, 0.29) is 40.6 Å². The van der Waals surface area contributed by atoms with Gasteiger partial charge in [0.25, 0.3) is 0 Å². The quantitative estimate of drug-likeness (QED) is 0.160. The van der Waals surface area contributed by atoms with Crippen LogP contribution in [0.25, 0.3) is 49.9 Å². The van der Waals surface area contributed by atoms with Crippen molar-refractivity contribution in [3.8, 4) is 39.6 Å². The summed E-state index contributed by atoms with van der Waals surface area (Å²) >= 11 is 0. The summed E-state index contributed by atoms with van der Waals surface area (Å²) in [6.45, 7) is 20.5. The Morgan fingerprint density at radius 2 is 1.17 bits per heavy atom. The van der Waals surface area contributed by atoms with E-state index in [4.69, 9.17) is 16.6 Å². The first-order valence-corrected chi connectivity index (χ1v) is 22.5. The van der Waals surface area contributed by atoms with Crippen LogP contribution in [0.15, 0.2) is 176 Å². The second-order valence-electron chi connectivity index (χ2n) is 20.3. The summed E-state index contributed by atoms with van der Waals surface area (Å²) in [5.74, 6) is 1.98. The van der Waals surface area contributed by atoms with Crippen molar-refractivity contribution in [1.29, 1.82) is 0 Å². The minimum absolute atomic E-state index is 0.0168. The van der Waals surface area contributed by atoms with Crippen LogP contribution < -0.4 is 14.5 Å². The third kappa shape index (κ3) is 7.94. The van der Waals surface area contributed by atoms with Crippen molar-refractivity contribution in [2.24, 2.45) is 0 Å². The van der Waals surface area contributed by atoms with Crippen molar-refractivity contribution >= 4 is 44.6 Å². The summed E-state index contributed by atoms with van der Waals surface area (Å²) < 4.78 is 51.8. The van der Waals surface area contributed by atoms with Gasteiger partial charge < -0.3 is 14.5 Å². The van der Waals surface area contributed by atoms with E-state index >= 15 is 0 Å². The van der Waals surface area contributed by atoms with Crippen molar-refractivity contribution in [1.82, 2.24) is 9.55 Å². The van der Waals surface area contributed by atoms with Crippen LogP contribution >= 0.6 is 0 Å². The highest BCUT2D eigenvalue weighted by Crippen LogP contribution is 2.47. The molecule has 0 saturated heterocycles. The standard InChI is InChI=1S/C60H58N4O/c1-58(2,3)43-32-44(59(4,5)6)34-46(33-43)63-39-62(54-25-16-17-26-55(54)63)45-23-18-24-47(35-45)65-48-28-29-49-50-31-42(40-19-12-10-13-20-40)27-30-53(50)64(56(49)36-48)57-37-52(60(7,8)9)51(38-61-57)41-21-14-11-15-22-41/h10-38H,39H2,1-9H3/i11D,14D,15D,21D,22D. The van der Waals surface area contributed by atoms with Crippen molar-refractivity contribution < 1.29 is 11.6 Å². The van der Waals surface area contributed by atoms with Crippen molar-refractivity contribution in [3.63, 3.8) is 0 Å². The zero-order chi connectivity index (χ0) is 49.6. The molecule has 9 aromatic rings. The Morgan fingerprint density at radius 1 is 0.508 bits per heavy atom. The maximum atomic E-state index is 8.85. The summed E-state index contributed by atoms with van der Waals surface area (Å²) in [6, 6.07) is 47.3. The van der Waals surface area contributed by atoms with Gasteiger partial charge in [-0.3, -0.25) is 4.57 Å². The Morgan fingerprint density at radius 3 is 1.85 bits per heavy atom. The summed E-state index contributed by atoms with van der Waals surface area (Å²) in [5, 5.41) is 2.06. The Balaban J connectivity index is 1.07. The Kier molecular flexibility index (Phi) is 8.84. The molecule has 10 rings (SSSR count). The SMILES string of the molecule is [2H]c1c([2H])c([2H])c(-c2cnc(-n3c4ccc(-c5ccccc5)cc4c4ccc(Oc5cccc(N6CN(c7cc(C(C)(C)C)cc(C(C)(C)C)c7)c7ccccc76)c5)cc43)cc2C(C)(C)C)c([2H])c1[2H]. The molecule has 0 spiro atoms. The molecule has 0 unspecified atom stereocenters. The van der Waals surface area contributed by atoms with Gasteiger partial charge in [-0.15, -0.1) is 0 Å². The number of benzene rings is 7. The number of nitrogens with zero attached hydrogens (tertiary/aromatic N) is 4. The summed E-state index contributed by atoms with van der Waals surface area (Å²) in [5.41, 5.74) is 12.0. The molecule has 0 amide bonds. The van der Waals surface area contributed by atoms with E-state index < -0.39 is 11.5 Å². The number of ether oxygens (including phenoxy) is 1. The predicted octanol–water partition coefficient (Wildman–Crippen LogP) is 16.4. The highest BCUT2D eigenvalue weighted by Gasteiger charge is 2.31. The van der Waals surface area contributed by atoms with Crippen LogP contribution in [0.2, 0.25) is 0 Å². The van der Waals surface area contributed by atoms with Crippen LogP contribution in [0.3, 0.4) is 0 Å². The molecule has 5 heteroatoms. The molecule has 0 radical (unpaired) electrons. The number of hydrogen-bond acceptors (Lipinski definition) is 4. The third-order valence-corrected chi connectivity index (χ3v) is 12.6. The predicted molar refractivity (Wildman–Crippen MR) is 274 cm³/mol. The van der Waals surface area contributed by atoms with Gasteiger partial charge in [0.1, 0.15) is 24.0 Å². The maximum Gasteiger partial charge on any atom is 0.137 e. The van der Waals surface area contributed by atoms with E-state index in [1.54, 1.807) is 6.20 Å². The molecular formula is C60H58N4O. The van der Waals surface area contributed by atoms with E-state index in [0.29, 0.717) is 29.5 Å². The lowest BCUT2D eigenvalue weighted by molar-refractivity contribution is 0.483. The number of para-hydroxylation sites is 2. The van der Waals surface area contributed by atoms with Crippen molar-refractivity contribution in [3.05, 3.63) is 193 Å². The first-order chi connectivity index (χ1) is 33.2. The van der Waals surface area contributed by atoms with E-state index in [9.17, 15) is 0 Å². The van der Waals surface area contributed by atoms with Gasteiger partial charge in [0.15, 0.2) is 0 Å². The molecule has 5 nitrogen and oxygen atoms in total. The first-order valence-electron chi connectivity index (χ1n) is 25.0. The minimum atomic E-state index is -0.493. The highest BCUT2D eigenvalue weighted by atomic mass is 16.5. The van der Waals surface area contributed by atoms with Crippen LogP contribution in [0, 0.1) is 0 Å². The molecule has 0 fully saturated rings. The molecule has 3 heterocycles. The fraction of sp³-hybridized carbons (Fsp3) is 0.217. The fourth-order valence-corrected chi connectivity index (χ4v) is 9.03. The molecule has 1 aliphatic heterocycles. The number of fused-ring (bicyclic) bond motifs is 4. The van der Waals surface area contributed by atoms with Crippen LogP contribution in [0.4, 0.5) is 22.7 Å². The van der Waals surface area contributed by atoms with Crippen molar-refractivity contribution in [2.45, 2.75) is 78.6 Å². The summed E-state index contributed by atoms with van der Waals surface area (Å²) in [7, 11) is 0. The number of aromatic nitrogens is 2. The second kappa shape index (κ2) is 15.8. The average Bonchev–Trinajstić information content (AvgIpc) is 3.88. The molecule has 0 N–H and O–H groups in total. The Hall–Kier alpha value is -7.11. The minimum Gasteiger partial charge on any atom is -0.457 e. The van der Waals surface area contributed by atoms with E-state index in [0.717, 1.165) is 55.6 Å². The first kappa shape index (κ1) is 36.3. The van der Waals surface area contributed by atoms with Crippen LogP contribution in [-0.2, 0) is 16.2 Å².